The molecular formula is C13H14N4. The van der Waals surface area contributed by atoms with Crippen LogP contribution < -0.4 is 0 Å². The zero-order chi connectivity index (χ0) is 12.4. The van der Waals surface area contributed by atoms with Crippen LogP contribution in [0, 0.1) is 11.3 Å². The lowest BCUT2D eigenvalue weighted by atomic mass is 10.2. The van der Waals surface area contributed by atoms with Crippen LogP contribution in [0.5, 0.6) is 0 Å². The molecule has 4 heteroatoms. The fraction of sp³-hybridized carbons (Fsp3) is 0.231. The molecule has 0 aliphatic rings. The number of nitrogens with one attached hydrogen (secondary N) is 1. The molecule has 0 unspecified atom stereocenters. The van der Waals surface area contributed by atoms with E-state index < -0.39 is 0 Å². The van der Waals surface area contributed by atoms with Crippen molar-refractivity contribution in [2.24, 2.45) is 0 Å². The van der Waals surface area contributed by atoms with Crippen LogP contribution in [0.2, 0.25) is 0 Å². The molecule has 1 aromatic heterocycles. The Morgan fingerprint density at radius 1 is 1.35 bits per heavy atom. The van der Waals surface area contributed by atoms with Crippen molar-refractivity contribution in [1.82, 2.24) is 14.9 Å². The number of aromatic nitrogens is 2. The molecule has 0 spiro atoms. The topological polar surface area (TPSA) is 55.7 Å². The minimum Gasteiger partial charge on any atom is -0.380 e. The largest absolute Gasteiger partial charge is 0.380 e. The van der Waals surface area contributed by atoms with Crippen LogP contribution in [0.4, 0.5) is 0 Å². The fourth-order valence-corrected chi connectivity index (χ4v) is 1.60. The van der Waals surface area contributed by atoms with Crippen LogP contribution in [0.15, 0.2) is 30.0 Å². The second kappa shape index (κ2) is 4.30. The molecular weight excluding hydrogens is 212 g/mol. The summed E-state index contributed by atoms with van der Waals surface area (Å²) in [7, 11) is 3.82. The Balaban J connectivity index is 2.60. The first kappa shape index (κ1) is 11.2. The summed E-state index contributed by atoms with van der Waals surface area (Å²) in [5.74, 6) is 0.625. The number of fused-ring (bicyclic) bond motifs is 1. The summed E-state index contributed by atoms with van der Waals surface area (Å²) < 4.78 is 0. The van der Waals surface area contributed by atoms with Gasteiger partial charge in [-0.3, -0.25) is 0 Å². The molecule has 0 bridgehead atoms. The van der Waals surface area contributed by atoms with Gasteiger partial charge in [0.15, 0.2) is 5.82 Å². The van der Waals surface area contributed by atoms with Gasteiger partial charge in [0.05, 0.1) is 11.0 Å². The van der Waals surface area contributed by atoms with E-state index in [1.807, 2.05) is 50.2 Å². The number of para-hydroxylation sites is 2. The lowest BCUT2D eigenvalue weighted by Crippen LogP contribution is -2.10. The van der Waals surface area contributed by atoms with Crippen molar-refractivity contribution in [3.8, 4) is 6.07 Å². The van der Waals surface area contributed by atoms with Crippen LogP contribution in [0.3, 0.4) is 0 Å². The third-order valence-corrected chi connectivity index (χ3v) is 2.77. The molecule has 0 saturated carbocycles. The quantitative estimate of drug-likeness (QED) is 0.800. The molecule has 0 radical (unpaired) electrons. The van der Waals surface area contributed by atoms with Crippen molar-refractivity contribution in [2.45, 2.75) is 6.92 Å². The minimum absolute atomic E-state index is 0.575. The van der Waals surface area contributed by atoms with Crippen molar-refractivity contribution in [1.29, 1.82) is 5.26 Å². The third-order valence-electron chi connectivity index (χ3n) is 2.77. The Morgan fingerprint density at radius 3 is 2.65 bits per heavy atom. The number of nitrogens with zero attached hydrogens (tertiary/aromatic N) is 3. The number of allylic oxidation sites excluding steroid dienone is 2. The molecule has 0 atom stereocenters. The van der Waals surface area contributed by atoms with Gasteiger partial charge < -0.3 is 9.88 Å². The number of nitriles is 1. The highest BCUT2D eigenvalue weighted by Crippen LogP contribution is 2.19. The maximum atomic E-state index is 9.23. The summed E-state index contributed by atoms with van der Waals surface area (Å²) >= 11 is 0. The van der Waals surface area contributed by atoms with Gasteiger partial charge in [0.1, 0.15) is 11.6 Å². The molecule has 4 nitrogen and oxygen atoms in total. The van der Waals surface area contributed by atoms with Gasteiger partial charge in [0.2, 0.25) is 0 Å². The lowest BCUT2D eigenvalue weighted by Gasteiger charge is -2.13. The van der Waals surface area contributed by atoms with Gasteiger partial charge in [-0.15, -0.1) is 0 Å². The van der Waals surface area contributed by atoms with Crippen LogP contribution >= 0.6 is 0 Å². The Hall–Kier alpha value is -2.28. The summed E-state index contributed by atoms with van der Waals surface area (Å²) in [5.41, 5.74) is 3.29. The first-order chi connectivity index (χ1) is 8.13. The van der Waals surface area contributed by atoms with Gasteiger partial charge in [-0.2, -0.15) is 5.26 Å². The summed E-state index contributed by atoms with van der Waals surface area (Å²) in [6, 6.07) is 9.96. The van der Waals surface area contributed by atoms with Gasteiger partial charge in [-0.05, 0) is 19.1 Å². The molecule has 0 aliphatic carbocycles. The van der Waals surface area contributed by atoms with Crippen molar-refractivity contribution >= 4 is 16.6 Å². The third kappa shape index (κ3) is 2.00. The van der Waals surface area contributed by atoms with E-state index in [0.717, 1.165) is 16.7 Å². The molecule has 1 heterocycles. The number of rotatable bonds is 2. The van der Waals surface area contributed by atoms with Crippen LogP contribution in [0.25, 0.3) is 16.6 Å². The van der Waals surface area contributed by atoms with Gasteiger partial charge in [-0.25, -0.2) is 4.98 Å². The predicted molar refractivity (Wildman–Crippen MR) is 68.0 cm³/mol. The standard InChI is InChI=1S/C13H14N4/c1-9(17(2)3)10(8-14)13-15-11-6-4-5-7-12(11)16-13/h4-7H,1-3H3,(H,15,16)/b10-9+. The van der Waals surface area contributed by atoms with Gasteiger partial charge in [0.25, 0.3) is 0 Å². The predicted octanol–water partition coefficient (Wildman–Crippen LogP) is 2.38. The van der Waals surface area contributed by atoms with Crippen molar-refractivity contribution in [3.05, 3.63) is 35.8 Å². The molecule has 0 amide bonds. The molecule has 86 valence electrons. The summed E-state index contributed by atoms with van der Waals surface area (Å²) in [6.45, 7) is 1.91. The highest BCUT2D eigenvalue weighted by Gasteiger charge is 2.11. The molecule has 2 rings (SSSR count). The van der Waals surface area contributed by atoms with E-state index in [-0.39, 0.29) is 0 Å². The van der Waals surface area contributed by atoms with Crippen molar-refractivity contribution < 1.29 is 0 Å². The average molecular weight is 226 g/mol. The van der Waals surface area contributed by atoms with Gasteiger partial charge in [-0.1, -0.05) is 12.1 Å². The van der Waals surface area contributed by atoms with Crippen LogP contribution in [-0.4, -0.2) is 29.0 Å². The Kier molecular flexibility index (Phi) is 2.84. The number of benzene rings is 1. The van der Waals surface area contributed by atoms with E-state index in [1.54, 1.807) is 0 Å². The molecule has 2 aromatic rings. The average Bonchev–Trinajstić information content (AvgIpc) is 2.72. The van der Waals surface area contributed by atoms with Crippen molar-refractivity contribution in [3.63, 3.8) is 0 Å². The maximum absolute atomic E-state index is 9.23. The van der Waals surface area contributed by atoms with E-state index in [1.165, 1.54) is 0 Å². The van der Waals surface area contributed by atoms with E-state index in [4.69, 9.17) is 0 Å². The van der Waals surface area contributed by atoms with E-state index in [9.17, 15) is 5.26 Å². The summed E-state index contributed by atoms with van der Waals surface area (Å²) in [4.78, 5) is 9.50. The van der Waals surface area contributed by atoms with E-state index >= 15 is 0 Å². The monoisotopic (exact) mass is 226 g/mol. The first-order valence-corrected chi connectivity index (χ1v) is 5.37. The van der Waals surface area contributed by atoms with Crippen molar-refractivity contribution in [2.75, 3.05) is 14.1 Å². The Labute approximate surface area is 100 Å². The Bertz CT molecular complexity index is 581. The Morgan fingerprint density at radius 2 is 2.06 bits per heavy atom. The number of aromatic amines is 1. The molecule has 1 N–H and O–H groups in total. The zero-order valence-electron chi connectivity index (χ0n) is 10.2. The molecule has 0 aliphatic heterocycles. The zero-order valence-corrected chi connectivity index (χ0v) is 10.2. The van der Waals surface area contributed by atoms with Crippen LogP contribution in [0.1, 0.15) is 12.7 Å². The highest BCUT2D eigenvalue weighted by molar-refractivity contribution is 5.82. The van der Waals surface area contributed by atoms with E-state index in [0.29, 0.717) is 11.4 Å². The van der Waals surface area contributed by atoms with E-state index in [2.05, 4.69) is 16.0 Å². The second-order valence-corrected chi connectivity index (χ2v) is 4.07. The number of H-pyrrole nitrogens is 1. The molecule has 1 aromatic carbocycles. The summed E-state index contributed by atoms with van der Waals surface area (Å²) in [6.07, 6.45) is 0. The normalized spacial score (nSPS) is 12.1. The van der Waals surface area contributed by atoms with Gasteiger partial charge in [0, 0.05) is 19.8 Å². The highest BCUT2D eigenvalue weighted by atomic mass is 15.1. The number of hydrogen-bond acceptors (Lipinski definition) is 3. The minimum atomic E-state index is 0.575. The number of imidazole rings is 1. The smallest absolute Gasteiger partial charge is 0.150 e. The maximum Gasteiger partial charge on any atom is 0.150 e. The SMILES string of the molecule is C/C(=C(/C#N)c1nc2ccccc2[nH]1)N(C)C. The molecule has 17 heavy (non-hydrogen) atoms. The molecule has 0 fully saturated rings. The second-order valence-electron chi connectivity index (χ2n) is 4.07. The summed E-state index contributed by atoms with van der Waals surface area (Å²) in [5, 5.41) is 9.23. The van der Waals surface area contributed by atoms with Crippen LogP contribution in [-0.2, 0) is 0 Å². The lowest BCUT2D eigenvalue weighted by molar-refractivity contribution is 0.516. The fourth-order valence-electron chi connectivity index (χ4n) is 1.60. The number of hydrogen-bond donors (Lipinski definition) is 1. The first-order valence-electron chi connectivity index (χ1n) is 5.37. The molecule has 0 saturated heterocycles. The van der Waals surface area contributed by atoms with Gasteiger partial charge >= 0.3 is 0 Å².